The molecule has 1 aliphatic heterocycles. The summed E-state index contributed by atoms with van der Waals surface area (Å²) >= 11 is 0. The average molecular weight is 562 g/mol. The van der Waals surface area contributed by atoms with Crippen LogP contribution in [0.5, 0.6) is 5.75 Å². The number of nitrogens with one attached hydrogen (secondary N) is 2. The maximum Gasteiger partial charge on any atom is 0.274 e. The zero-order valence-corrected chi connectivity index (χ0v) is 25.5. The number of hydrogen-bond donors (Lipinski definition) is 2. The number of carbonyl (C=O) groups is 2. The average Bonchev–Trinajstić information content (AvgIpc) is 3.33. The summed E-state index contributed by atoms with van der Waals surface area (Å²) in [5.74, 6) is 1.23. The molecule has 0 radical (unpaired) electrons. The largest absolute Gasteiger partial charge is 0.489 e. The first-order chi connectivity index (χ1) is 19.2. The lowest BCUT2D eigenvalue weighted by atomic mass is 9.78. The van der Waals surface area contributed by atoms with Crippen LogP contribution in [0.2, 0.25) is 0 Å². The number of amides is 2. The number of rotatable bonds is 8. The minimum absolute atomic E-state index is 0.0287. The Kier molecular flexibility index (Phi) is 8.59. The van der Waals surface area contributed by atoms with E-state index in [0.717, 1.165) is 24.9 Å². The number of hydrogen-bond acceptors (Lipinski definition) is 7. The van der Waals surface area contributed by atoms with Gasteiger partial charge in [0.25, 0.3) is 5.91 Å². The molecule has 0 bridgehead atoms. The summed E-state index contributed by atoms with van der Waals surface area (Å²) in [6.07, 6.45) is 3.69. The number of aromatic nitrogens is 2. The van der Waals surface area contributed by atoms with E-state index in [-0.39, 0.29) is 40.8 Å². The van der Waals surface area contributed by atoms with Crippen LogP contribution in [0.15, 0.2) is 53.2 Å². The van der Waals surface area contributed by atoms with Gasteiger partial charge >= 0.3 is 0 Å². The quantitative estimate of drug-likeness (QED) is 0.336. The van der Waals surface area contributed by atoms with Crippen LogP contribution in [-0.2, 0) is 16.6 Å². The smallest absolute Gasteiger partial charge is 0.274 e. The highest BCUT2D eigenvalue weighted by molar-refractivity contribution is 6.02. The maximum atomic E-state index is 12.8. The van der Waals surface area contributed by atoms with Crippen LogP contribution in [0.3, 0.4) is 0 Å². The van der Waals surface area contributed by atoms with Crippen molar-refractivity contribution in [1.82, 2.24) is 15.0 Å². The summed E-state index contributed by atoms with van der Waals surface area (Å²) in [6.45, 7) is 18.3. The van der Waals surface area contributed by atoms with Crippen molar-refractivity contribution < 1.29 is 18.8 Å². The van der Waals surface area contributed by atoms with Gasteiger partial charge in [-0.05, 0) is 64.1 Å². The molecule has 0 saturated carbocycles. The molecule has 4 rings (SSSR count). The number of likely N-dealkylation sites (tertiary alicyclic amines) is 1. The van der Waals surface area contributed by atoms with Crippen molar-refractivity contribution in [3.63, 3.8) is 0 Å². The van der Waals surface area contributed by atoms with Crippen LogP contribution in [0.4, 0.5) is 11.5 Å². The van der Waals surface area contributed by atoms with Gasteiger partial charge in [0.2, 0.25) is 5.91 Å². The van der Waals surface area contributed by atoms with E-state index in [0.29, 0.717) is 28.7 Å². The number of pyridine rings is 1. The Morgan fingerprint density at radius 3 is 2.22 bits per heavy atom. The molecule has 9 heteroatoms. The highest BCUT2D eigenvalue weighted by Crippen LogP contribution is 2.39. The molecule has 0 atom stereocenters. The summed E-state index contributed by atoms with van der Waals surface area (Å²) in [4.78, 5) is 32.1. The van der Waals surface area contributed by atoms with E-state index in [1.165, 1.54) is 0 Å². The fraction of sp³-hybridized carbons (Fsp3) is 0.500. The van der Waals surface area contributed by atoms with E-state index in [1.807, 2.05) is 20.8 Å². The molecule has 220 valence electrons. The van der Waals surface area contributed by atoms with Crippen LogP contribution < -0.4 is 15.4 Å². The van der Waals surface area contributed by atoms with E-state index in [4.69, 9.17) is 9.26 Å². The molecule has 1 aliphatic rings. The lowest BCUT2D eigenvalue weighted by molar-refractivity contribution is -0.115. The minimum Gasteiger partial charge on any atom is -0.489 e. The van der Waals surface area contributed by atoms with Crippen molar-refractivity contribution in [2.45, 2.75) is 97.2 Å². The Balaban J connectivity index is 1.29. The van der Waals surface area contributed by atoms with E-state index >= 15 is 0 Å². The predicted octanol–water partition coefficient (Wildman–Crippen LogP) is 6.22. The summed E-state index contributed by atoms with van der Waals surface area (Å²) in [6, 6.07) is 12.3. The fourth-order valence-corrected chi connectivity index (χ4v) is 5.90. The third kappa shape index (κ3) is 7.52. The molecule has 0 unspecified atom stereocenters. The SMILES string of the molecule is CCN1C(C)(C)CC(Oc2ccc(C(=O)Nc3ccc(CC(=O)Nc4cc(C(C)(C)C)on4)cc3)nc2)CC1(C)C. The van der Waals surface area contributed by atoms with Crippen LogP contribution in [0.25, 0.3) is 0 Å². The second-order valence-electron chi connectivity index (χ2n) is 13.1. The van der Waals surface area contributed by atoms with Gasteiger partial charge in [0, 0.05) is 41.1 Å². The maximum absolute atomic E-state index is 12.8. The molecule has 2 amide bonds. The Labute approximate surface area is 243 Å². The van der Waals surface area contributed by atoms with Crippen molar-refractivity contribution in [2.24, 2.45) is 0 Å². The predicted molar refractivity (Wildman–Crippen MR) is 160 cm³/mol. The van der Waals surface area contributed by atoms with Gasteiger partial charge in [-0.2, -0.15) is 0 Å². The number of carbonyl (C=O) groups excluding carboxylic acids is 2. The first-order valence-corrected chi connectivity index (χ1v) is 14.2. The molecular weight excluding hydrogens is 518 g/mol. The van der Waals surface area contributed by atoms with Crippen LogP contribution in [0.1, 0.15) is 90.0 Å². The van der Waals surface area contributed by atoms with Crippen molar-refractivity contribution in [2.75, 3.05) is 17.2 Å². The summed E-state index contributed by atoms with van der Waals surface area (Å²) in [7, 11) is 0. The molecule has 1 aromatic carbocycles. The van der Waals surface area contributed by atoms with E-state index in [1.54, 1.807) is 48.7 Å². The van der Waals surface area contributed by atoms with Gasteiger partial charge in [0.15, 0.2) is 5.82 Å². The van der Waals surface area contributed by atoms with Crippen molar-refractivity contribution in [1.29, 1.82) is 0 Å². The lowest BCUT2D eigenvalue weighted by Crippen LogP contribution is -2.62. The third-order valence-electron chi connectivity index (χ3n) is 7.60. The third-order valence-corrected chi connectivity index (χ3v) is 7.60. The zero-order valence-electron chi connectivity index (χ0n) is 25.5. The van der Waals surface area contributed by atoms with Gasteiger partial charge in [-0.15, -0.1) is 0 Å². The Hall–Kier alpha value is -3.72. The lowest BCUT2D eigenvalue weighted by Gasteiger charge is -2.54. The molecule has 41 heavy (non-hydrogen) atoms. The standard InChI is InChI=1S/C32H43N5O4/c1-9-37-31(5,6)18-24(19-32(37,7)8)40-23-14-15-25(33-20-23)29(39)34-22-12-10-21(11-13-22)16-28(38)35-27-17-26(41-36-27)30(2,3)4/h10-15,17,20,24H,9,16,18-19H2,1-8H3,(H,34,39)(H,35,36,38). The molecule has 2 aromatic heterocycles. The Morgan fingerprint density at radius 1 is 1.02 bits per heavy atom. The first-order valence-electron chi connectivity index (χ1n) is 14.2. The highest BCUT2D eigenvalue weighted by Gasteiger charge is 2.45. The van der Waals surface area contributed by atoms with Crippen molar-refractivity contribution in [3.8, 4) is 5.75 Å². The number of benzene rings is 1. The monoisotopic (exact) mass is 561 g/mol. The number of ether oxygens (including phenoxy) is 1. The molecular formula is C32H43N5O4. The van der Waals surface area contributed by atoms with Crippen molar-refractivity contribution in [3.05, 3.63) is 65.7 Å². The highest BCUT2D eigenvalue weighted by atomic mass is 16.5. The Bertz CT molecular complexity index is 1340. The van der Waals surface area contributed by atoms with E-state index < -0.39 is 0 Å². The van der Waals surface area contributed by atoms with Gasteiger partial charge in [-0.3, -0.25) is 14.5 Å². The Morgan fingerprint density at radius 2 is 1.68 bits per heavy atom. The molecule has 2 N–H and O–H groups in total. The number of piperidine rings is 1. The molecule has 0 aliphatic carbocycles. The normalized spacial score (nSPS) is 17.2. The molecule has 3 aromatic rings. The van der Waals surface area contributed by atoms with Crippen LogP contribution in [-0.4, -0.2) is 50.6 Å². The van der Waals surface area contributed by atoms with Gasteiger partial charge in [-0.25, -0.2) is 4.98 Å². The summed E-state index contributed by atoms with van der Waals surface area (Å²) < 4.78 is 11.6. The molecule has 0 spiro atoms. The number of nitrogens with zero attached hydrogens (tertiary/aromatic N) is 3. The van der Waals surface area contributed by atoms with Gasteiger partial charge in [0.05, 0.1) is 12.6 Å². The van der Waals surface area contributed by atoms with E-state index in [9.17, 15) is 9.59 Å². The second-order valence-corrected chi connectivity index (χ2v) is 13.1. The van der Waals surface area contributed by atoms with Crippen LogP contribution in [0, 0.1) is 0 Å². The first kappa shape index (κ1) is 30.2. The van der Waals surface area contributed by atoms with Gasteiger partial charge < -0.3 is 19.9 Å². The fourth-order valence-electron chi connectivity index (χ4n) is 5.90. The van der Waals surface area contributed by atoms with Crippen molar-refractivity contribution >= 4 is 23.3 Å². The summed E-state index contributed by atoms with van der Waals surface area (Å²) in [5, 5.41) is 9.54. The molecule has 1 saturated heterocycles. The topological polar surface area (TPSA) is 110 Å². The molecule has 3 heterocycles. The molecule has 1 fully saturated rings. The van der Waals surface area contributed by atoms with Gasteiger partial charge in [0.1, 0.15) is 23.3 Å². The summed E-state index contributed by atoms with van der Waals surface area (Å²) in [5.41, 5.74) is 1.57. The zero-order chi connectivity index (χ0) is 30.0. The van der Waals surface area contributed by atoms with Gasteiger partial charge in [-0.1, -0.05) is 45.0 Å². The van der Waals surface area contributed by atoms with E-state index in [2.05, 4.69) is 60.3 Å². The van der Waals surface area contributed by atoms with Crippen LogP contribution >= 0.6 is 0 Å². The molecule has 9 nitrogen and oxygen atoms in total. The number of anilines is 2. The minimum atomic E-state index is -0.318. The second kappa shape index (κ2) is 11.6.